The van der Waals surface area contributed by atoms with Crippen molar-refractivity contribution in [2.24, 2.45) is 0 Å². The highest BCUT2D eigenvalue weighted by Crippen LogP contribution is 2.33. The van der Waals surface area contributed by atoms with Crippen LogP contribution in [0, 0.1) is 0 Å². The van der Waals surface area contributed by atoms with Gasteiger partial charge >= 0.3 is 18.0 Å². The van der Waals surface area contributed by atoms with Gasteiger partial charge in [0, 0.05) is 55.5 Å². The SMILES string of the molecule is CCOC(=O)C1=C(CN2CCN(C(=O)NC(C)C)[C@H](C)C2)N(CC)C(=O)N[C@@H]1c1ccc(Cl)cc1. The van der Waals surface area contributed by atoms with Crippen molar-refractivity contribution in [1.29, 1.82) is 0 Å². The minimum atomic E-state index is -0.646. The second kappa shape index (κ2) is 11.8. The number of nitrogens with one attached hydrogen (secondary N) is 2. The van der Waals surface area contributed by atoms with Gasteiger partial charge < -0.3 is 20.3 Å². The summed E-state index contributed by atoms with van der Waals surface area (Å²) in [4.78, 5) is 44.5. The molecule has 1 fully saturated rings. The van der Waals surface area contributed by atoms with Crippen molar-refractivity contribution in [3.05, 3.63) is 46.1 Å². The molecule has 2 heterocycles. The van der Waals surface area contributed by atoms with Crippen molar-refractivity contribution >= 4 is 29.6 Å². The van der Waals surface area contributed by atoms with Crippen LogP contribution >= 0.6 is 11.6 Å². The number of urea groups is 2. The Morgan fingerprint density at radius 3 is 2.46 bits per heavy atom. The maximum atomic E-state index is 13.2. The topological polar surface area (TPSA) is 94.2 Å². The molecule has 0 aromatic heterocycles. The van der Waals surface area contributed by atoms with E-state index in [0.717, 1.165) is 5.56 Å². The quantitative estimate of drug-likeness (QED) is 0.554. The number of hydrogen-bond donors (Lipinski definition) is 2. The first-order valence-electron chi connectivity index (χ1n) is 12.2. The Bertz CT molecular complexity index is 965. The lowest BCUT2D eigenvalue weighted by atomic mass is 9.94. The van der Waals surface area contributed by atoms with Gasteiger partial charge in [-0.15, -0.1) is 0 Å². The molecule has 1 saturated heterocycles. The van der Waals surface area contributed by atoms with Crippen LogP contribution in [0.5, 0.6) is 0 Å². The maximum Gasteiger partial charge on any atom is 0.338 e. The number of ether oxygens (including phenoxy) is 1. The number of likely N-dealkylation sites (N-methyl/N-ethyl adjacent to an activating group) is 1. The number of halogens is 1. The average molecular weight is 506 g/mol. The fraction of sp³-hybridized carbons (Fsp3) is 0.560. The Labute approximate surface area is 212 Å². The van der Waals surface area contributed by atoms with Gasteiger partial charge in [0.05, 0.1) is 18.2 Å². The lowest BCUT2D eigenvalue weighted by Crippen LogP contribution is -2.58. The number of carbonyl (C=O) groups is 3. The fourth-order valence-electron chi connectivity index (χ4n) is 4.58. The van der Waals surface area contributed by atoms with Gasteiger partial charge in [-0.25, -0.2) is 14.4 Å². The van der Waals surface area contributed by atoms with Crippen LogP contribution in [-0.4, -0.2) is 84.1 Å². The van der Waals surface area contributed by atoms with Gasteiger partial charge in [-0.3, -0.25) is 9.80 Å². The summed E-state index contributed by atoms with van der Waals surface area (Å²) in [7, 11) is 0. The Hall–Kier alpha value is -2.78. The van der Waals surface area contributed by atoms with Crippen LogP contribution in [0.3, 0.4) is 0 Å². The van der Waals surface area contributed by atoms with Crippen LogP contribution in [0.2, 0.25) is 5.02 Å². The van der Waals surface area contributed by atoms with Gasteiger partial charge in [-0.05, 0) is 52.3 Å². The third kappa shape index (κ3) is 6.27. The molecule has 2 N–H and O–H groups in total. The largest absolute Gasteiger partial charge is 0.463 e. The first-order valence-corrected chi connectivity index (χ1v) is 12.6. The van der Waals surface area contributed by atoms with Crippen molar-refractivity contribution in [2.75, 3.05) is 39.3 Å². The highest BCUT2D eigenvalue weighted by Gasteiger charge is 2.39. The second-order valence-corrected chi connectivity index (χ2v) is 9.58. The van der Waals surface area contributed by atoms with Gasteiger partial charge in [0.2, 0.25) is 0 Å². The smallest absolute Gasteiger partial charge is 0.338 e. The molecule has 35 heavy (non-hydrogen) atoms. The predicted octanol–water partition coefficient (Wildman–Crippen LogP) is 3.37. The van der Waals surface area contributed by atoms with Crippen molar-refractivity contribution in [3.8, 4) is 0 Å². The number of piperazine rings is 1. The number of esters is 1. The molecule has 0 radical (unpaired) electrons. The van der Waals surface area contributed by atoms with Crippen LogP contribution in [0.15, 0.2) is 35.5 Å². The molecule has 192 valence electrons. The van der Waals surface area contributed by atoms with E-state index in [1.807, 2.05) is 32.6 Å². The summed E-state index contributed by atoms with van der Waals surface area (Å²) in [5.41, 5.74) is 1.80. The third-order valence-electron chi connectivity index (χ3n) is 6.21. The monoisotopic (exact) mass is 505 g/mol. The number of benzene rings is 1. The number of carbonyl (C=O) groups excluding carboxylic acids is 3. The number of hydrogen-bond acceptors (Lipinski definition) is 5. The highest BCUT2D eigenvalue weighted by atomic mass is 35.5. The van der Waals surface area contributed by atoms with Crippen LogP contribution in [-0.2, 0) is 9.53 Å². The van der Waals surface area contributed by atoms with Gasteiger partial charge in [0.25, 0.3) is 0 Å². The van der Waals surface area contributed by atoms with E-state index in [1.54, 1.807) is 36.1 Å². The van der Waals surface area contributed by atoms with Crippen LogP contribution in [0.1, 0.15) is 46.2 Å². The van der Waals surface area contributed by atoms with E-state index in [0.29, 0.717) is 49.0 Å². The van der Waals surface area contributed by atoms with E-state index in [2.05, 4.69) is 15.5 Å². The molecule has 2 aliphatic heterocycles. The molecule has 0 aliphatic carbocycles. The predicted molar refractivity (Wildman–Crippen MR) is 135 cm³/mol. The zero-order valence-corrected chi connectivity index (χ0v) is 21.9. The van der Waals surface area contributed by atoms with Gasteiger partial charge in [-0.1, -0.05) is 23.7 Å². The van der Waals surface area contributed by atoms with E-state index in [-0.39, 0.29) is 30.8 Å². The summed E-state index contributed by atoms with van der Waals surface area (Å²) in [5, 5.41) is 6.49. The van der Waals surface area contributed by atoms with E-state index in [9.17, 15) is 14.4 Å². The number of amides is 4. The van der Waals surface area contributed by atoms with E-state index < -0.39 is 12.0 Å². The minimum absolute atomic E-state index is 0.0197. The van der Waals surface area contributed by atoms with Crippen molar-refractivity contribution < 1.29 is 19.1 Å². The standard InChI is InChI=1S/C25H36ClN5O4/c1-6-30-20(15-29-12-13-31(17(5)14-29)24(33)27-16(3)4)21(23(32)35-7-2)22(28-25(30)34)18-8-10-19(26)11-9-18/h8-11,16-17,22H,6-7,12-15H2,1-5H3,(H,27,33)(H,28,34)/t17-,22-/m1/s1. The lowest BCUT2D eigenvalue weighted by molar-refractivity contribution is -0.139. The molecule has 1 aromatic rings. The normalized spacial score (nSPS) is 21.3. The summed E-state index contributed by atoms with van der Waals surface area (Å²) >= 11 is 6.07. The Kier molecular flexibility index (Phi) is 9.02. The molecule has 0 unspecified atom stereocenters. The second-order valence-electron chi connectivity index (χ2n) is 9.14. The first kappa shape index (κ1) is 26.8. The molecule has 1 aromatic carbocycles. The molecule has 4 amide bonds. The van der Waals surface area contributed by atoms with Crippen LogP contribution < -0.4 is 10.6 Å². The van der Waals surface area contributed by atoms with E-state index >= 15 is 0 Å². The molecule has 9 nitrogen and oxygen atoms in total. The molecule has 0 spiro atoms. The molecular formula is C25H36ClN5O4. The van der Waals surface area contributed by atoms with Gasteiger partial charge in [0.15, 0.2) is 0 Å². The lowest BCUT2D eigenvalue weighted by Gasteiger charge is -2.43. The molecule has 2 atom stereocenters. The molecule has 10 heteroatoms. The van der Waals surface area contributed by atoms with E-state index in [4.69, 9.17) is 16.3 Å². The summed E-state index contributed by atoms with van der Waals surface area (Å²) < 4.78 is 5.43. The Morgan fingerprint density at radius 1 is 1.20 bits per heavy atom. The molecular weight excluding hydrogens is 470 g/mol. The van der Waals surface area contributed by atoms with Crippen LogP contribution in [0.25, 0.3) is 0 Å². The third-order valence-corrected chi connectivity index (χ3v) is 6.46. The molecule has 0 saturated carbocycles. The molecule has 2 aliphatic rings. The summed E-state index contributed by atoms with van der Waals surface area (Å²) in [6.07, 6.45) is 0. The maximum absolute atomic E-state index is 13.2. The first-order chi connectivity index (χ1) is 16.7. The van der Waals surface area contributed by atoms with Crippen molar-refractivity contribution in [2.45, 2.75) is 52.7 Å². The van der Waals surface area contributed by atoms with Gasteiger partial charge in [-0.2, -0.15) is 0 Å². The number of rotatable bonds is 7. The van der Waals surface area contributed by atoms with E-state index in [1.165, 1.54) is 0 Å². The summed E-state index contributed by atoms with van der Waals surface area (Å²) in [6.45, 7) is 12.3. The molecule has 3 rings (SSSR count). The molecule has 0 bridgehead atoms. The fourth-order valence-corrected chi connectivity index (χ4v) is 4.71. The minimum Gasteiger partial charge on any atom is -0.463 e. The summed E-state index contributed by atoms with van der Waals surface area (Å²) in [5.74, 6) is -0.455. The van der Waals surface area contributed by atoms with Crippen molar-refractivity contribution in [1.82, 2.24) is 25.3 Å². The Morgan fingerprint density at radius 2 is 1.89 bits per heavy atom. The highest BCUT2D eigenvalue weighted by molar-refractivity contribution is 6.30. The number of nitrogens with zero attached hydrogens (tertiary/aromatic N) is 3. The summed E-state index contributed by atoms with van der Waals surface area (Å²) in [6, 6.07) is 6.14. The Balaban J connectivity index is 1.93. The van der Waals surface area contributed by atoms with Crippen molar-refractivity contribution in [3.63, 3.8) is 0 Å². The van der Waals surface area contributed by atoms with Crippen LogP contribution in [0.4, 0.5) is 9.59 Å². The average Bonchev–Trinajstić information content (AvgIpc) is 2.79. The zero-order valence-electron chi connectivity index (χ0n) is 21.1. The zero-order chi connectivity index (χ0) is 25.7. The van der Waals surface area contributed by atoms with Gasteiger partial charge in [0.1, 0.15) is 0 Å².